The van der Waals surface area contributed by atoms with Gasteiger partial charge < -0.3 is 38.1 Å². The molecule has 280 valence electrons. The SMILES string of the molecule is COC(=O)[C@@H]1CC(OC(=O)c2cc(OC)c(OC(=O)Oc3cc(Cl)cc(Cl)c3)c(OC)c2)C[C@@H]2CN3CCc4c([nH]c5cc(OC)ccc45)C3(C)C[C@@H]21. The average molecular weight is 768 g/mol. The topological polar surface area (TPSA) is 135 Å². The fourth-order valence-corrected chi connectivity index (χ4v) is 9.04. The number of halogens is 2. The molecule has 3 heterocycles. The first-order valence-electron chi connectivity index (χ1n) is 17.3. The summed E-state index contributed by atoms with van der Waals surface area (Å²) < 4.78 is 38.5. The van der Waals surface area contributed by atoms with Crippen molar-refractivity contribution in [3.05, 3.63) is 75.4 Å². The molecule has 7 rings (SSSR count). The Morgan fingerprint density at radius 2 is 1.58 bits per heavy atom. The molecule has 2 unspecified atom stereocenters. The van der Waals surface area contributed by atoms with Crippen molar-refractivity contribution in [1.29, 1.82) is 0 Å². The van der Waals surface area contributed by atoms with Crippen molar-refractivity contribution in [3.8, 4) is 28.7 Å². The molecule has 5 atom stereocenters. The molecule has 3 aliphatic rings. The average Bonchev–Trinajstić information content (AvgIpc) is 3.52. The highest BCUT2D eigenvalue weighted by molar-refractivity contribution is 6.34. The molecule has 2 fully saturated rings. The number of aromatic amines is 1. The van der Waals surface area contributed by atoms with E-state index in [0.717, 1.165) is 37.2 Å². The van der Waals surface area contributed by atoms with Crippen LogP contribution >= 0.6 is 23.2 Å². The van der Waals surface area contributed by atoms with Gasteiger partial charge in [-0.1, -0.05) is 23.2 Å². The monoisotopic (exact) mass is 766 g/mol. The number of nitrogens with one attached hydrogen (secondary N) is 1. The van der Waals surface area contributed by atoms with Crippen LogP contribution in [0, 0.1) is 17.8 Å². The van der Waals surface area contributed by atoms with E-state index in [-0.39, 0.29) is 62.0 Å². The quantitative estimate of drug-likeness (QED) is 0.140. The Kier molecular flexibility index (Phi) is 10.1. The molecule has 0 spiro atoms. The molecule has 3 aromatic carbocycles. The van der Waals surface area contributed by atoms with Gasteiger partial charge in [0.2, 0.25) is 5.75 Å². The van der Waals surface area contributed by atoms with E-state index >= 15 is 0 Å². The highest BCUT2D eigenvalue weighted by Crippen LogP contribution is 2.53. The zero-order valence-electron chi connectivity index (χ0n) is 30.0. The molecule has 4 aromatic rings. The second-order valence-electron chi connectivity index (χ2n) is 13.9. The smallest absolute Gasteiger partial charge is 0.497 e. The first kappa shape index (κ1) is 36.7. The zero-order chi connectivity index (χ0) is 37.6. The summed E-state index contributed by atoms with van der Waals surface area (Å²) in [5.41, 5.74) is 3.31. The first-order valence-corrected chi connectivity index (χ1v) is 18.0. The summed E-state index contributed by atoms with van der Waals surface area (Å²) in [4.78, 5) is 46.0. The van der Waals surface area contributed by atoms with Crippen molar-refractivity contribution < 1.29 is 47.5 Å². The minimum atomic E-state index is -1.11. The summed E-state index contributed by atoms with van der Waals surface area (Å²) in [5.74, 6) is -0.514. The predicted octanol–water partition coefficient (Wildman–Crippen LogP) is 7.60. The van der Waals surface area contributed by atoms with Crippen LogP contribution in [0.4, 0.5) is 4.79 Å². The van der Waals surface area contributed by atoms with Gasteiger partial charge in [-0.15, -0.1) is 0 Å². The van der Waals surface area contributed by atoms with Crippen LogP contribution in [0.15, 0.2) is 48.5 Å². The molecule has 14 heteroatoms. The maximum Gasteiger partial charge on any atom is 0.519 e. The van der Waals surface area contributed by atoms with Crippen LogP contribution in [-0.4, -0.2) is 75.6 Å². The third kappa shape index (κ3) is 6.95. The Morgan fingerprint density at radius 1 is 0.868 bits per heavy atom. The summed E-state index contributed by atoms with van der Waals surface area (Å²) in [6.45, 7) is 3.87. The minimum Gasteiger partial charge on any atom is -0.497 e. The number of methoxy groups -OCH3 is 4. The third-order valence-corrected chi connectivity index (χ3v) is 11.4. The summed E-state index contributed by atoms with van der Waals surface area (Å²) in [5, 5.41) is 1.73. The standard InChI is InChI=1S/C39H40Cl2N2O10/c1-39-18-30-21(19-43(39)9-8-28-27-7-6-24(47-2)17-31(27)42-35(28)39)10-25(16-29(30)37(45)50-5)51-36(44)20-11-32(48-3)34(33(12-20)49-4)53-38(46)52-26-14-22(40)13-23(41)15-26/h6-7,11-15,17,21,25,29-30,42H,8-10,16,18-19H2,1-5H3/t21-,25?,29-,30+,39?/m1/s1. The molecule has 1 aliphatic carbocycles. The van der Waals surface area contributed by atoms with Crippen LogP contribution in [0.2, 0.25) is 10.0 Å². The maximum atomic E-state index is 13.7. The van der Waals surface area contributed by atoms with E-state index in [9.17, 15) is 14.4 Å². The molecule has 0 bridgehead atoms. The van der Waals surface area contributed by atoms with E-state index in [4.69, 9.17) is 56.4 Å². The van der Waals surface area contributed by atoms with E-state index in [2.05, 4.69) is 22.9 Å². The van der Waals surface area contributed by atoms with Crippen molar-refractivity contribution >= 4 is 52.2 Å². The van der Waals surface area contributed by atoms with Crippen molar-refractivity contribution in [2.75, 3.05) is 41.5 Å². The highest BCUT2D eigenvalue weighted by Gasteiger charge is 2.54. The van der Waals surface area contributed by atoms with Gasteiger partial charge in [0.15, 0.2) is 11.5 Å². The molecule has 1 aromatic heterocycles. The number of aromatic nitrogens is 1. The fraction of sp³-hybridized carbons (Fsp3) is 0.410. The summed E-state index contributed by atoms with van der Waals surface area (Å²) in [6.07, 6.45) is 0.884. The third-order valence-electron chi connectivity index (χ3n) is 11.0. The van der Waals surface area contributed by atoms with Crippen LogP contribution in [0.25, 0.3) is 10.9 Å². The van der Waals surface area contributed by atoms with Crippen molar-refractivity contribution in [1.82, 2.24) is 9.88 Å². The number of carbonyl (C=O) groups is 3. The van der Waals surface area contributed by atoms with Gasteiger partial charge in [-0.25, -0.2) is 9.59 Å². The van der Waals surface area contributed by atoms with Crippen molar-refractivity contribution in [3.63, 3.8) is 0 Å². The lowest BCUT2D eigenvalue weighted by Gasteiger charge is -2.56. The number of piperidine rings is 1. The van der Waals surface area contributed by atoms with Crippen LogP contribution in [0.5, 0.6) is 28.7 Å². The number of hydrogen-bond donors (Lipinski definition) is 1. The normalized spacial score (nSPS) is 23.5. The number of fused-ring (bicyclic) bond motifs is 6. The van der Waals surface area contributed by atoms with Gasteiger partial charge >= 0.3 is 18.1 Å². The van der Waals surface area contributed by atoms with Crippen LogP contribution in [0.3, 0.4) is 0 Å². The predicted molar refractivity (Wildman–Crippen MR) is 196 cm³/mol. The lowest BCUT2D eigenvalue weighted by Crippen LogP contribution is -2.60. The molecular weight excluding hydrogens is 727 g/mol. The van der Waals surface area contributed by atoms with Crippen LogP contribution in [0.1, 0.15) is 47.8 Å². The highest BCUT2D eigenvalue weighted by atomic mass is 35.5. The first-order chi connectivity index (χ1) is 25.4. The van der Waals surface area contributed by atoms with E-state index in [1.807, 2.05) is 12.1 Å². The minimum absolute atomic E-state index is 0.0184. The second kappa shape index (κ2) is 14.6. The number of H-pyrrole nitrogens is 1. The van der Waals surface area contributed by atoms with E-state index in [1.54, 1.807) is 7.11 Å². The Balaban J connectivity index is 1.09. The van der Waals surface area contributed by atoms with Gasteiger partial charge in [0.05, 0.1) is 45.5 Å². The Morgan fingerprint density at radius 3 is 2.25 bits per heavy atom. The Bertz CT molecular complexity index is 2040. The van der Waals surface area contributed by atoms with E-state index in [0.29, 0.717) is 12.8 Å². The van der Waals surface area contributed by atoms with Gasteiger partial charge in [0.25, 0.3) is 0 Å². The van der Waals surface area contributed by atoms with Crippen LogP contribution < -0.4 is 23.7 Å². The lowest BCUT2D eigenvalue weighted by atomic mass is 9.61. The van der Waals surface area contributed by atoms with E-state index < -0.39 is 24.1 Å². The number of ether oxygens (including phenoxy) is 7. The summed E-state index contributed by atoms with van der Waals surface area (Å²) >= 11 is 12.0. The number of esters is 2. The van der Waals surface area contributed by atoms with Gasteiger partial charge in [-0.2, -0.15) is 0 Å². The molecule has 53 heavy (non-hydrogen) atoms. The molecule has 0 radical (unpaired) electrons. The van der Waals surface area contributed by atoms with Gasteiger partial charge in [-0.3, -0.25) is 9.69 Å². The number of nitrogens with zero attached hydrogens (tertiary/aromatic N) is 1. The summed E-state index contributed by atoms with van der Waals surface area (Å²) in [7, 11) is 5.77. The zero-order valence-corrected chi connectivity index (χ0v) is 31.5. The van der Waals surface area contributed by atoms with Crippen molar-refractivity contribution in [2.45, 2.75) is 44.2 Å². The molecular formula is C39H40Cl2N2O10. The molecule has 12 nitrogen and oxygen atoms in total. The number of hydrogen-bond acceptors (Lipinski definition) is 11. The van der Waals surface area contributed by atoms with Crippen molar-refractivity contribution in [2.24, 2.45) is 17.8 Å². The van der Waals surface area contributed by atoms with E-state index in [1.165, 1.54) is 68.3 Å². The molecule has 1 saturated carbocycles. The molecule has 1 N–H and O–H groups in total. The Hall–Kier alpha value is -4.65. The lowest BCUT2D eigenvalue weighted by molar-refractivity contribution is -0.158. The fourth-order valence-electron chi connectivity index (χ4n) is 8.54. The van der Waals surface area contributed by atoms with Crippen LogP contribution in [-0.2, 0) is 26.2 Å². The molecule has 2 aliphatic heterocycles. The molecule has 1 saturated heterocycles. The van der Waals surface area contributed by atoms with Gasteiger partial charge in [-0.05, 0) is 92.5 Å². The second-order valence-corrected chi connectivity index (χ2v) is 14.8. The maximum absolute atomic E-state index is 13.7. The summed E-state index contributed by atoms with van der Waals surface area (Å²) in [6, 6.07) is 13.2. The van der Waals surface area contributed by atoms with Gasteiger partial charge in [0, 0.05) is 45.8 Å². The largest absolute Gasteiger partial charge is 0.519 e. The Labute approximate surface area is 316 Å². The number of carbonyl (C=O) groups excluding carboxylic acids is 3. The number of benzene rings is 3. The van der Waals surface area contributed by atoms with Gasteiger partial charge in [0.1, 0.15) is 17.6 Å². The molecule has 0 amide bonds. The number of rotatable bonds is 8.